The van der Waals surface area contributed by atoms with Crippen molar-refractivity contribution >= 4 is 11.6 Å². The van der Waals surface area contributed by atoms with Gasteiger partial charge in [-0.05, 0) is 24.3 Å². The second-order valence-electron chi connectivity index (χ2n) is 5.69. The minimum absolute atomic E-state index is 0.273. The molecule has 0 saturated heterocycles. The van der Waals surface area contributed by atoms with Gasteiger partial charge < -0.3 is 19.5 Å². The molecular weight excluding hydrogens is 334 g/mol. The number of ether oxygens (including phenoxy) is 3. The number of hydrogen-bond acceptors (Lipinski definition) is 5. The first-order valence-corrected chi connectivity index (χ1v) is 8.03. The van der Waals surface area contributed by atoms with Crippen molar-refractivity contribution < 1.29 is 19.0 Å². The molecule has 7 heteroatoms. The third kappa shape index (κ3) is 2.63. The first-order chi connectivity index (χ1) is 12.7. The zero-order valence-electron chi connectivity index (χ0n) is 14.4. The molecule has 1 aromatic heterocycles. The van der Waals surface area contributed by atoms with Crippen LogP contribution in [0, 0.1) is 0 Å². The van der Waals surface area contributed by atoms with E-state index >= 15 is 0 Å². The molecule has 2 aromatic carbocycles. The summed E-state index contributed by atoms with van der Waals surface area (Å²) < 4.78 is 18.1. The van der Waals surface area contributed by atoms with Crippen molar-refractivity contribution in [3.05, 3.63) is 60.2 Å². The van der Waals surface area contributed by atoms with Gasteiger partial charge >= 0.3 is 0 Å². The molecule has 4 rings (SSSR count). The fourth-order valence-corrected chi connectivity index (χ4v) is 2.93. The lowest BCUT2D eigenvalue weighted by Gasteiger charge is -2.20. The maximum absolute atomic E-state index is 12.8. The van der Waals surface area contributed by atoms with Crippen LogP contribution in [-0.2, 0) is 6.61 Å². The number of methoxy groups -OCH3 is 2. The lowest BCUT2D eigenvalue weighted by atomic mass is 10.2. The lowest BCUT2D eigenvalue weighted by Crippen LogP contribution is -2.19. The Morgan fingerprint density at radius 1 is 1.19 bits per heavy atom. The van der Waals surface area contributed by atoms with E-state index in [-0.39, 0.29) is 12.5 Å². The Morgan fingerprint density at radius 3 is 2.85 bits per heavy atom. The summed E-state index contributed by atoms with van der Waals surface area (Å²) in [6.45, 7) is 0.273. The lowest BCUT2D eigenvalue weighted by molar-refractivity contribution is 0.101. The molecular formula is C19H17N3O4. The highest BCUT2D eigenvalue weighted by Gasteiger charge is 2.25. The van der Waals surface area contributed by atoms with Gasteiger partial charge in [-0.2, -0.15) is 0 Å². The van der Waals surface area contributed by atoms with Crippen molar-refractivity contribution in [2.45, 2.75) is 6.61 Å². The number of imidazole rings is 1. The largest absolute Gasteiger partial charge is 0.497 e. The van der Waals surface area contributed by atoms with Crippen molar-refractivity contribution in [1.29, 1.82) is 0 Å². The summed E-state index contributed by atoms with van der Waals surface area (Å²) >= 11 is 0. The first kappa shape index (κ1) is 16.0. The van der Waals surface area contributed by atoms with Gasteiger partial charge in [0.25, 0.3) is 5.91 Å². The van der Waals surface area contributed by atoms with Gasteiger partial charge in [0, 0.05) is 6.07 Å². The number of aromatic nitrogens is 2. The summed E-state index contributed by atoms with van der Waals surface area (Å²) in [5.74, 6) is 1.58. The summed E-state index contributed by atoms with van der Waals surface area (Å²) in [5.41, 5.74) is 2.38. The van der Waals surface area contributed by atoms with Crippen molar-refractivity contribution in [2.24, 2.45) is 0 Å². The van der Waals surface area contributed by atoms with E-state index in [1.54, 1.807) is 38.7 Å². The number of rotatable bonds is 4. The van der Waals surface area contributed by atoms with Crippen molar-refractivity contribution in [3.8, 4) is 22.9 Å². The second kappa shape index (κ2) is 6.44. The summed E-state index contributed by atoms with van der Waals surface area (Å²) in [6, 6.07) is 12.8. The predicted octanol–water partition coefficient (Wildman–Crippen LogP) is 3.03. The number of nitrogens with one attached hydrogen (secondary N) is 1. The van der Waals surface area contributed by atoms with E-state index in [1.165, 1.54) is 0 Å². The maximum Gasteiger partial charge on any atom is 0.276 e. The second-order valence-corrected chi connectivity index (χ2v) is 5.69. The van der Waals surface area contributed by atoms with E-state index in [9.17, 15) is 4.79 Å². The third-order valence-corrected chi connectivity index (χ3v) is 4.23. The molecule has 0 spiro atoms. The molecule has 0 saturated carbocycles. The molecule has 1 N–H and O–H groups in total. The van der Waals surface area contributed by atoms with E-state index in [1.807, 2.05) is 28.8 Å². The van der Waals surface area contributed by atoms with Crippen LogP contribution in [0.3, 0.4) is 0 Å². The van der Waals surface area contributed by atoms with Gasteiger partial charge in [0.1, 0.15) is 30.2 Å². The molecule has 1 amide bonds. The molecule has 0 aliphatic carbocycles. The fraction of sp³-hybridized carbons (Fsp3) is 0.158. The standard InChI is InChI=1S/C19H17N3O4/c1-24-12-7-8-16(25-2)13(9-12)21-19(23)18-15-10-26-17-6-4-3-5-14(17)22(15)11-20-18/h3-9,11H,10H2,1-2H3,(H,21,23). The molecule has 26 heavy (non-hydrogen) atoms. The zero-order valence-corrected chi connectivity index (χ0v) is 14.4. The highest BCUT2D eigenvalue weighted by atomic mass is 16.5. The molecule has 3 aromatic rings. The summed E-state index contributed by atoms with van der Waals surface area (Å²) in [5, 5.41) is 2.84. The van der Waals surface area contributed by atoms with E-state index in [4.69, 9.17) is 14.2 Å². The Balaban J connectivity index is 1.67. The van der Waals surface area contributed by atoms with E-state index in [2.05, 4.69) is 10.3 Å². The van der Waals surface area contributed by atoms with Gasteiger partial charge in [0.2, 0.25) is 0 Å². The van der Waals surface area contributed by atoms with Crippen LogP contribution < -0.4 is 19.5 Å². The quantitative estimate of drug-likeness (QED) is 0.782. The minimum Gasteiger partial charge on any atom is -0.497 e. The van der Waals surface area contributed by atoms with Crippen molar-refractivity contribution in [1.82, 2.24) is 9.55 Å². The number of fused-ring (bicyclic) bond motifs is 3. The van der Waals surface area contributed by atoms with E-state index in [0.29, 0.717) is 28.6 Å². The minimum atomic E-state index is -0.340. The number of para-hydroxylation sites is 2. The molecule has 0 unspecified atom stereocenters. The average molecular weight is 351 g/mol. The molecule has 132 valence electrons. The Bertz CT molecular complexity index is 981. The number of nitrogens with zero attached hydrogens (tertiary/aromatic N) is 2. The van der Waals surface area contributed by atoms with E-state index < -0.39 is 0 Å². The molecule has 1 aliphatic rings. The summed E-state index contributed by atoms with van der Waals surface area (Å²) in [4.78, 5) is 17.1. The number of anilines is 1. The van der Waals surface area contributed by atoms with Gasteiger partial charge in [-0.3, -0.25) is 9.36 Å². The number of amides is 1. The smallest absolute Gasteiger partial charge is 0.276 e. The van der Waals surface area contributed by atoms with E-state index in [0.717, 1.165) is 11.4 Å². The van der Waals surface area contributed by atoms with Crippen LogP contribution in [-0.4, -0.2) is 29.7 Å². The normalized spacial score (nSPS) is 11.8. The highest BCUT2D eigenvalue weighted by molar-refractivity contribution is 6.04. The molecule has 0 atom stereocenters. The summed E-state index contributed by atoms with van der Waals surface area (Å²) in [7, 11) is 3.11. The monoisotopic (exact) mass is 351 g/mol. The van der Waals surface area contributed by atoms with Crippen LogP contribution >= 0.6 is 0 Å². The van der Waals surface area contributed by atoms with Crippen LogP contribution in [0.15, 0.2) is 48.8 Å². The number of benzene rings is 2. The fourth-order valence-electron chi connectivity index (χ4n) is 2.93. The number of carbonyl (C=O) groups is 1. The molecule has 0 bridgehead atoms. The SMILES string of the molecule is COc1ccc(OC)c(NC(=O)c2ncn3c2COc2ccccc2-3)c1. The number of carbonyl (C=O) groups excluding carboxylic acids is 1. The third-order valence-electron chi connectivity index (χ3n) is 4.23. The molecule has 1 aliphatic heterocycles. The number of hydrogen-bond donors (Lipinski definition) is 1. The Morgan fingerprint density at radius 2 is 2.04 bits per heavy atom. The first-order valence-electron chi connectivity index (χ1n) is 8.03. The van der Waals surface area contributed by atoms with Crippen LogP contribution in [0.1, 0.15) is 16.2 Å². The van der Waals surface area contributed by atoms with Crippen LogP contribution in [0.25, 0.3) is 5.69 Å². The van der Waals surface area contributed by atoms with Gasteiger partial charge in [-0.25, -0.2) is 4.98 Å². The average Bonchev–Trinajstić information content (AvgIpc) is 3.12. The molecule has 0 fully saturated rings. The van der Waals surface area contributed by atoms with Crippen LogP contribution in [0.4, 0.5) is 5.69 Å². The van der Waals surface area contributed by atoms with Crippen molar-refractivity contribution in [2.75, 3.05) is 19.5 Å². The molecule has 7 nitrogen and oxygen atoms in total. The highest BCUT2D eigenvalue weighted by Crippen LogP contribution is 2.32. The molecule has 0 radical (unpaired) electrons. The topological polar surface area (TPSA) is 74.6 Å². The Kier molecular flexibility index (Phi) is 3.96. The van der Waals surface area contributed by atoms with Gasteiger partial charge in [0.15, 0.2) is 5.69 Å². The van der Waals surface area contributed by atoms with Crippen LogP contribution in [0.5, 0.6) is 17.2 Å². The van der Waals surface area contributed by atoms with Crippen molar-refractivity contribution in [3.63, 3.8) is 0 Å². The van der Waals surface area contributed by atoms with Gasteiger partial charge in [0.05, 0.1) is 31.3 Å². The Hall–Kier alpha value is -3.48. The van der Waals surface area contributed by atoms with Gasteiger partial charge in [-0.1, -0.05) is 12.1 Å². The Labute approximate surface area is 150 Å². The van der Waals surface area contributed by atoms with Gasteiger partial charge in [-0.15, -0.1) is 0 Å². The van der Waals surface area contributed by atoms with Crippen LogP contribution in [0.2, 0.25) is 0 Å². The predicted molar refractivity (Wildman–Crippen MR) is 95.4 cm³/mol. The molecule has 2 heterocycles. The maximum atomic E-state index is 12.8. The summed E-state index contributed by atoms with van der Waals surface area (Å²) in [6.07, 6.45) is 1.63. The zero-order chi connectivity index (χ0) is 18.1.